The molecule has 0 aliphatic heterocycles. The molecule has 0 bridgehead atoms. The van der Waals surface area contributed by atoms with Crippen LogP contribution in [0, 0.1) is 0 Å². The summed E-state index contributed by atoms with van der Waals surface area (Å²) in [5, 5.41) is 2.53. The van der Waals surface area contributed by atoms with Gasteiger partial charge in [-0.05, 0) is 20.3 Å². The SMILES string of the molecule is CCCC[C@H](C)OC(=O)[C@H](C)NC(=O)c1nccc(OC)c1OCOC(C)=O. The Morgan fingerprint density at radius 1 is 1.25 bits per heavy atom. The quantitative estimate of drug-likeness (QED) is 0.447. The van der Waals surface area contributed by atoms with Crippen LogP contribution in [0.3, 0.4) is 0 Å². The summed E-state index contributed by atoms with van der Waals surface area (Å²) in [4.78, 5) is 39.6. The summed E-state index contributed by atoms with van der Waals surface area (Å²) in [6, 6.07) is 0.610. The molecule has 0 saturated heterocycles. The summed E-state index contributed by atoms with van der Waals surface area (Å²) in [5.74, 6) is -1.50. The molecule has 28 heavy (non-hydrogen) atoms. The molecule has 0 aromatic carbocycles. The van der Waals surface area contributed by atoms with E-state index in [0.717, 1.165) is 19.3 Å². The van der Waals surface area contributed by atoms with Crippen LogP contribution in [0.25, 0.3) is 0 Å². The van der Waals surface area contributed by atoms with E-state index in [1.54, 1.807) is 0 Å². The number of hydrogen-bond acceptors (Lipinski definition) is 8. The number of hydrogen-bond donors (Lipinski definition) is 1. The minimum absolute atomic E-state index is 0.000584. The molecule has 0 aliphatic rings. The van der Waals surface area contributed by atoms with E-state index in [4.69, 9.17) is 18.9 Å². The van der Waals surface area contributed by atoms with Crippen molar-refractivity contribution >= 4 is 17.8 Å². The number of ether oxygens (including phenoxy) is 4. The molecule has 9 nitrogen and oxygen atoms in total. The van der Waals surface area contributed by atoms with Crippen LogP contribution in [0.4, 0.5) is 0 Å². The van der Waals surface area contributed by atoms with E-state index in [1.807, 2.05) is 6.92 Å². The van der Waals surface area contributed by atoms with Gasteiger partial charge in [-0.3, -0.25) is 9.59 Å². The average Bonchev–Trinajstić information content (AvgIpc) is 2.65. The second-order valence-electron chi connectivity index (χ2n) is 6.17. The zero-order valence-electron chi connectivity index (χ0n) is 16.9. The molecule has 1 heterocycles. The molecule has 1 aromatic rings. The first-order chi connectivity index (χ1) is 13.3. The lowest BCUT2D eigenvalue weighted by Crippen LogP contribution is -2.41. The number of nitrogens with zero attached hydrogens (tertiary/aromatic N) is 1. The topological polar surface area (TPSA) is 113 Å². The van der Waals surface area contributed by atoms with E-state index in [2.05, 4.69) is 17.2 Å². The lowest BCUT2D eigenvalue weighted by molar-refractivity contribution is -0.150. The van der Waals surface area contributed by atoms with E-state index < -0.39 is 30.7 Å². The number of carbonyl (C=O) groups excluding carboxylic acids is 3. The predicted octanol–water partition coefficient (Wildman–Crippen LogP) is 2.23. The molecule has 1 rings (SSSR count). The van der Waals surface area contributed by atoms with Gasteiger partial charge in [-0.2, -0.15) is 0 Å². The fourth-order valence-electron chi connectivity index (χ4n) is 2.24. The molecular weight excluding hydrogens is 368 g/mol. The Kier molecular flexibility index (Phi) is 9.76. The maximum Gasteiger partial charge on any atom is 0.328 e. The standard InChI is InChI=1S/C19H28N2O7/c1-6-7-8-12(2)28-19(24)13(3)21-18(23)16-17(27-11-26-14(4)22)15(25-5)9-10-20-16/h9-10,12-13H,6-8,11H2,1-5H3,(H,21,23)/t12-,13-/m0/s1. The highest BCUT2D eigenvalue weighted by atomic mass is 16.7. The van der Waals surface area contributed by atoms with Crippen molar-refractivity contribution in [3.8, 4) is 11.5 Å². The number of nitrogens with one attached hydrogen (secondary N) is 1. The van der Waals surface area contributed by atoms with Gasteiger partial charge in [-0.25, -0.2) is 9.78 Å². The predicted molar refractivity (Wildman–Crippen MR) is 100 cm³/mol. The van der Waals surface area contributed by atoms with Gasteiger partial charge >= 0.3 is 11.9 Å². The van der Waals surface area contributed by atoms with Crippen LogP contribution in [0.5, 0.6) is 11.5 Å². The fourth-order valence-corrected chi connectivity index (χ4v) is 2.24. The molecule has 0 unspecified atom stereocenters. The number of pyridine rings is 1. The van der Waals surface area contributed by atoms with Gasteiger partial charge in [-0.1, -0.05) is 19.8 Å². The van der Waals surface area contributed by atoms with Crippen LogP contribution in [-0.4, -0.2) is 48.9 Å². The van der Waals surface area contributed by atoms with Crippen molar-refractivity contribution in [3.63, 3.8) is 0 Å². The molecular formula is C19H28N2O7. The zero-order chi connectivity index (χ0) is 21.1. The van der Waals surface area contributed by atoms with Gasteiger partial charge in [-0.15, -0.1) is 0 Å². The monoisotopic (exact) mass is 396 g/mol. The molecule has 2 atom stereocenters. The average molecular weight is 396 g/mol. The van der Waals surface area contributed by atoms with Gasteiger partial charge in [0.25, 0.3) is 5.91 Å². The van der Waals surface area contributed by atoms with E-state index in [-0.39, 0.29) is 23.3 Å². The molecule has 0 saturated carbocycles. The summed E-state index contributed by atoms with van der Waals surface area (Å²) in [7, 11) is 1.40. The summed E-state index contributed by atoms with van der Waals surface area (Å²) < 4.78 is 20.5. The van der Waals surface area contributed by atoms with E-state index in [9.17, 15) is 14.4 Å². The minimum atomic E-state index is -0.883. The van der Waals surface area contributed by atoms with Crippen molar-refractivity contribution in [2.75, 3.05) is 13.9 Å². The van der Waals surface area contributed by atoms with Gasteiger partial charge in [0.05, 0.1) is 13.2 Å². The van der Waals surface area contributed by atoms with Gasteiger partial charge < -0.3 is 24.3 Å². The van der Waals surface area contributed by atoms with Crippen LogP contribution >= 0.6 is 0 Å². The molecule has 0 fully saturated rings. The molecule has 1 N–H and O–H groups in total. The van der Waals surface area contributed by atoms with Crippen molar-refractivity contribution in [2.45, 2.75) is 59.1 Å². The van der Waals surface area contributed by atoms with Crippen LogP contribution in [0.2, 0.25) is 0 Å². The lowest BCUT2D eigenvalue weighted by Gasteiger charge is -2.18. The van der Waals surface area contributed by atoms with Crippen LogP contribution < -0.4 is 14.8 Å². The summed E-state index contributed by atoms with van der Waals surface area (Å²) in [6.07, 6.45) is 3.85. The third-order valence-corrected chi connectivity index (χ3v) is 3.75. The van der Waals surface area contributed by atoms with Gasteiger partial charge in [0.2, 0.25) is 6.79 Å². The number of aromatic nitrogens is 1. The Bertz CT molecular complexity index is 678. The highest BCUT2D eigenvalue weighted by Crippen LogP contribution is 2.29. The number of amides is 1. The summed E-state index contributed by atoms with van der Waals surface area (Å²) in [6.45, 7) is 6.20. The summed E-state index contributed by atoms with van der Waals surface area (Å²) >= 11 is 0. The molecule has 1 amide bonds. The second-order valence-corrected chi connectivity index (χ2v) is 6.17. The number of unbranched alkanes of at least 4 members (excludes halogenated alkanes) is 1. The maximum absolute atomic E-state index is 12.6. The van der Waals surface area contributed by atoms with Crippen LogP contribution in [0.15, 0.2) is 12.3 Å². The Hall–Kier alpha value is -2.84. The molecule has 9 heteroatoms. The molecule has 0 radical (unpaired) electrons. The molecule has 1 aromatic heterocycles. The second kappa shape index (κ2) is 11.8. The Morgan fingerprint density at radius 2 is 1.96 bits per heavy atom. The molecule has 0 spiro atoms. The van der Waals surface area contributed by atoms with Crippen molar-refractivity contribution in [1.82, 2.24) is 10.3 Å². The van der Waals surface area contributed by atoms with Gasteiger partial charge in [0, 0.05) is 19.2 Å². The Labute approximate surface area is 164 Å². The maximum atomic E-state index is 12.6. The van der Waals surface area contributed by atoms with Crippen LogP contribution in [-0.2, 0) is 19.1 Å². The zero-order valence-corrected chi connectivity index (χ0v) is 16.9. The van der Waals surface area contributed by atoms with Crippen LogP contribution in [0.1, 0.15) is 57.4 Å². The van der Waals surface area contributed by atoms with E-state index in [1.165, 1.54) is 33.2 Å². The normalized spacial score (nSPS) is 12.5. The summed E-state index contributed by atoms with van der Waals surface area (Å²) in [5.41, 5.74) is -0.106. The first kappa shape index (κ1) is 23.2. The molecule has 0 aliphatic carbocycles. The fraction of sp³-hybridized carbons (Fsp3) is 0.579. The largest absolute Gasteiger partial charge is 0.493 e. The molecule has 156 valence electrons. The number of carbonyl (C=O) groups is 3. The Balaban J connectivity index is 2.81. The number of esters is 2. The highest BCUT2D eigenvalue weighted by Gasteiger charge is 2.24. The third kappa shape index (κ3) is 7.42. The highest BCUT2D eigenvalue weighted by molar-refractivity contribution is 5.98. The first-order valence-corrected chi connectivity index (χ1v) is 9.10. The van der Waals surface area contributed by atoms with E-state index in [0.29, 0.717) is 0 Å². The third-order valence-electron chi connectivity index (χ3n) is 3.75. The van der Waals surface area contributed by atoms with Crippen molar-refractivity contribution in [1.29, 1.82) is 0 Å². The van der Waals surface area contributed by atoms with Gasteiger partial charge in [0.1, 0.15) is 6.04 Å². The van der Waals surface area contributed by atoms with Gasteiger partial charge in [0.15, 0.2) is 17.2 Å². The number of methoxy groups -OCH3 is 1. The Morgan fingerprint density at radius 3 is 2.57 bits per heavy atom. The van der Waals surface area contributed by atoms with Crippen molar-refractivity contribution < 1.29 is 33.3 Å². The smallest absolute Gasteiger partial charge is 0.328 e. The van der Waals surface area contributed by atoms with Crippen molar-refractivity contribution in [3.05, 3.63) is 18.0 Å². The minimum Gasteiger partial charge on any atom is -0.493 e. The van der Waals surface area contributed by atoms with E-state index >= 15 is 0 Å². The van der Waals surface area contributed by atoms with Crippen molar-refractivity contribution in [2.24, 2.45) is 0 Å². The number of rotatable bonds is 11. The first-order valence-electron chi connectivity index (χ1n) is 9.10. The lowest BCUT2D eigenvalue weighted by atomic mass is 10.2.